The van der Waals surface area contributed by atoms with Gasteiger partial charge in [0.25, 0.3) is 0 Å². The Labute approximate surface area is 116 Å². The van der Waals surface area contributed by atoms with Crippen molar-refractivity contribution in [1.82, 2.24) is 0 Å². The summed E-state index contributed by atoms with van der Waals surface area (Å²) >= 11 is 0. The predicted molar refractivity (Wildman–Crippen MR) is 50.8 cm³/mol. The van der Waals surface area contributed by atoms with Crippen LogP contribution >= 0.6 is 0 Å². The van der Waals surface area contributed by atoms with Crippen LogP contribution in [0.15, 0.2) is 0 Å². The number of hydrogen-bond acceptors (Lipinski definition) is 3. The molecule has 0 N–H and O–H groups in total. The van der Waals surface area contributed by atoms with Gasteiger partial charge in [-0.05, 0) is 13.8 Å². The third kappa shape index (κ3) is 2.95. The fraction of sp³-hybridized carbons (Fsp3) is 0.700. The molecular weight excluding hydrogens is 339 g/mol. The molecule has 0 aliphatic carbocycles. The normalized spacial score (nSPS) is 14.2. The first kappa shape index (κ1) is 20.4. The molecule has 0 amide bonds. The lowest BCUT2D eigenvalue weighted by Crippen LogP contribution is -2.64. The van der Waals surface area contributed by atoms with Gasteiger partial charge >= 0.3 is 23.9 Å². The first-order chi connectivity index (χ1) is 9.43. The van der Waals surface area contributed by atoms with Crippen molar-refractivity contribution in [3.8, 4) is 0 Å². The summed E-state index contributed by atoms with van der Waals surface area (Å²) in [5, 5.41) is 0. The molecule has 0 saturated heterocycles. The van der Waals surface area contributed by atoms with E-state index in [2.05, 4.69) is 0 Å². The molecule has 0 aliphatic heterocycles. The third-order valence-electron chi connectivity index (χ3n) is 2.53. The van der Waals surface area contributed by atoms with Gasteiger partial charge in [0, 0.05) is 0 Å². The zero-order chi connectivity index (χ0) is 18.3. The van der Waals surface area contributed by atoms with Gasteiger partial charge in [0.05, 0.1) is 0 Å². The molecule has 0 bridgehead atoms. The largest absolute Gasteiger partial charge is 0.460 e. The summed E-state index contributed by atoms with van der Waals surface area (Å²) in [6.45, 7) is 0.667. The fourth-order valence-electron chi connectivity index (χ4n) is 1.37. The molecule has 0 rings (SSSR count). The molecule has 0 atom stereocenters. The van der Waals surface area contributed by atoms with Crippen molar-refractivity contribution in [2.24, 2.45) is 5.92 Å². The van der Waals surface area contributed by atoms with Gasteiger partial charge < -0.3 is 0 Å². The van der Waals surface area contributed by atoms with Crippen LogP contribution in [0.2, 0.25) is 0 Å². The van der Waals surface area contributed by atoms with E-state index in [-0.39, 0.29) is 0 Å². The second-order valence-corrected chi connectivity index (χ2v) is 4.24. The molecule has 0 saturated carbocycles. The van der Waals surface area contributed by atoms with Gasteiger partial charge in [-0.1, -0.05) is 0 Å². The van der Waals surface area contributed by atoms with Gasteiger partial charge in [-0.2, -0.15) is 39.5 Å². The van der Waals surface area contributed by atoms with E-state index in [1.165, 1.54) is 0 Å². The molecule has 0 fully saturated rings. The Morgan fingerprint density at radius 3 is 1.23 bits per heavy atom. The SMILES string of the molecule is CC(=O)C(C(C)=O)C(=O)C(F)(F)C(F)(F)C(F)(F)C(F)(F)F. The molecule has 0 aromatic carbocycles. The summed E-state index contributed by atoms with van der Waals surface area (Å²) < 4.78 is 113. The summed E-state index contributed by atoms with van der Waals surface area (Å²) in [6.07, 6.45) is -7.10. The Bertz CT molecular complexity index is 478. The Morgan fingerprint density at radius 2 is 1.00 bits per heavy atom. The van der Waals surface area contributed by atoms with Crippen LogP contribution in [0, 0.1) is 5.92 Å². The highest BCUT2D eigenvalue weighted by atomic mass is 19.4. The summed E-state index contributed by atoms with van der Waals surface area (Å²) in [5.74, 6) is -30.9. The summed E-state index contributed by atoms with van der Waals surface area (Å²) in [7, 11) is 0. The standard InChI is InChI=1S/C10H7F9O3/c1-3(20)5(4(2)21)6(22)7(11,12)8(13,14)9(15,16)10(17,18)19/h5H,1-2H3. The number of Topliss-reactive ketones (excluding diaryl/α,β-unsaturated/α-hetero) is 3. The maximum Gasteiger partial charge on any atom is 0.460 e. The molecule has 0 aliphatic rings. The topological polar surface area (TPSA) is 51.2 Å². The summed E-state index contributed by atoms with van der Waals surface area (Å²) in [5.41, 5.74) is 0. The molecule has 0 spiro atoms. The van der Waals surface area contributed by atoms with Crippen LogP contribution < -0.4 is 0 Å². The highest BCUT2D eigenvalue weighted by molar-refractivity contribution is 6.20. The molecule has 0 radical (unpaired) electrons. The van der Waals surface area contributed by atoms with Crippen molar-refractivity contribution in [2.75, 3.05) is 0 Å². The fourth-order valence-corrected chi connectivity index (χ4v) is 1.37. The third-order valence-corrected chi connectivity index (χ3v) is 2.53. The molecule has 0 unspecified atom stereocenters. The first-order valence-corrected chi connectivity index (χ1v) is 5.18. The summed E-state index contributed by atoms with van der Waals surface area (Å²) in [4.78, 5) is 32.7. The Hall–Kier alpha value is -1.62. The second kappa shape index (κ2) is 5.54. The smallest absolute Gasteiger partial charge is 0.299 e. The Balaban J connectivity index is 6.06. The van der Waals surface area contributed by atoms with E-state index in [0.717, 1.165) is 0 Å². The zero-order valence-corrected chi connectivity index (χ0v) is 10.7. The minimum Gasteiger partial charge on any atom is -0.299 e. The highest BCUT2D eigenvalue weighted by Crippen LogP contribution is 2.53. The maximum absolute atomic E-state index is 13.2. The van der Waals surface area contributed by atoms with Crippen LogP contribution in [0.1, 0.15) is 13.8 Å². The van der Waals surface area contributed by atoms with Gasteiger partial charge in [0.15, 0.2) is 0 Å². The van der Waals surface area contributed by atoms with Crippen LogP contribution in [0.25, 0.3) is 0 Å². The van der Waals surface area contributed by atoms with Crippen LogP contribution in [0.3, 0.4) is 0 Å². The number of alkyl halides is 9. The molecule has 0 aromatic rings. The number of carbonyl (C=O) groups excluding carboxylic acids is 3. The molecule has 0 heterocycles. The van der Waals surface area contributed by atoms with Crippen molar-refractivity contribution in [3.63, 3.8) is 0 Å². The van der Waals surface area contributed by atoms with Crippen LogP contribution in [0.4, 0.5) is 39.5 Å². The van der Waals surface area contributed by atoms with E-state index < -0.39 is 47.2 Å². The van der Waals surface area contributed by atoms with E-state index in [4.69, 9.17) is 0 Å². The maximum atomic E-state index is 13.2. The van der Waals surface area contributed by atoms with Crippen LogP contribution in [-0.2, 0) is 14.4 Å². The number of hydrogen-bond donors (Lipinski definition) is 0. The van der Waals surface area contributed by atoms with Gasteiger partial charge in [-0.25, -0.2) is 0 Å². The van der Waals surface area contributed by atoms with Crippen LogP contribution in [0.5, 0.6) is 0 Å². The lowest BCUT2D eigenvalue weighted by atomic mass is 9.87. The molecular formula is C10H7F9O3. The predicted octanol–water partition coefficient (Wildman–Crippen LogP) is 2.82. The molecule has 128 valence electrons. The lowest BCUT2D eigenvalue weighted by Gasteiger charge is -2.33. The minimum absolute atomic E-state index is 0.333. The average molecular weight is 346 g/mol. The number of carbonyl (C=O) groups is 3. The molecule has 22 heavy (non-hydrogen) atoms. The minimum atomic E-state index is -7.27. The Kier molecular flexibility index (Phi) is 5.13. The van der Waals surface area contributed by atoms with Gasteiger partial charge in [-0.3, -0.25) is 14.4 Å². The van der Waals surface area contributed by atoms with Crippen molar-refractivity contribution in [1.29, 1.82) is 0 Å². The summed E-state index contributed by atoms with van der Waals surface area (Å²) in [6, 6.07) is 0. The molecule has 12 heteroatoms. The molecule has 0 aromatic heterocycles. The van der Waals surface area contributed by atoms with Crippen molar-refractivity contribution in [3.05, 3.63) is 0 Å². The quantitative estimate of drug-likeness (QED) is 0.549. The number of ketones is 3. The van der Waals surface area contributed by atoms with E-state index in [9.17, 15) is 53.9 Å². The average Bonchev–Trinajstić information content (AvgIpc) is 2.25. The van der Waals surface area contributed by atoms with E-state index >= 15 is 0 Å². The van der Waals surface area contributed by atoms with E-state index in [0.29, 0.717) is 13.8 Å². The lowest BCUT2D eigenvalue weighted by molar-refractivity contribution is -0.388. The Morgan fingerprint density at radius 1 is 0.682 bits per heavy atom. The van der Waals surface area contributed by atoms with Crippen molar-refractivity contribution >= 4 is 17.3 Å². The number of rotatable bonds is 6. The van der Waals surface area contributed by atoms with E-state index in [1.807, 2.05) is 0 Å². The first-order valence-electron chi connectivity index (χ1n) is 5.18. The monoisotopic (exact) mass is 346 g/mol. The highest BCUT2D eigenvalue weighted by Gasteiger charge is 2.84. The van der Waals surface area contributed by atoms with Crippen molar-refractivity contribution < 1.29 is 53.9 Å². The van der Waals surface area contributed by atoms with Gasteiger partial charge in [0.2, 0.25) is 5.78 Å². The van der Waals surface area contributed by atoms with Gasteiger partial charge in [-0.15, -0.1) is 0 Å². The second-order valence-electron chi connectivity index (χ2n) is 4.24. The zero-order valence-electron chi connectivity index (χ0n) is 10.7. The van der Waals surface area contributed by atoms with Crippen LogP contribution in [-0.4, -0.2) is 41.3 Å². The number of halogens is 9. The van der Waals surface area contributed by atoms with Gasteiger partial charge in [0.1, 0.15) is 17.5 Å². The molecule has 3 nitrogen and oxygen atoms in total. The van der Waals surface area contributed by atoms with Crippen molar-refractivity contribution in [2.45, 2.75) is 37.8 Å². The van der Waals surface area contributed by atoms with E-state index in [1.54, 1.807) is 0 Å².